The van der Waals surface area contributed by atoms with Gasteiger partial charge in [-0.15, -0.1) is 0 Å². The molecule has 1 heterocycles. The van der Waals surface area contributed by atoms with E-state index < -0.39 is 6.10 Å². The van der Waals surface area contributed by atoms with Crippen molar-refractivity contribution >= 4 is 34.7 Å². The Labute approximate surface area is 122 Å². The molecular formula is C15H14ClNOS. The average molecular weight is 292 g/mol. The van der Waals surface area contributed by atoms with Crippen LogP contribution in [0.2, 0.25) is 5.02 Å². The Morgan fingerprint density at radius 2 is 1.89 bits per heavy atom. The monoisotopic (exact) mass is 291 g/mol. The molecule has 2 aromatic rings. The van der Waals surface area contributed by atoms with Crippen LogP contribution in [-0.4, -0.2) is 17.8 Å². The largest absolute Gasteiger partial charge is 0.392 e. The summed E-state index contributed by atoms with van der Waals surface area (Å²) in [6.45, 7) is 2.36. The quantitative estimate of drug-likeness (QED) is 0.891. The van der Waals surface area contributed by atoms with E-state index in [1.165, 1.54) is 9.79 Å². The summed E-state index contributed by atoms with van der Waals surface area (Å²) in [6, 6.07) is 14.1. The summed E-state index contributed by atoms with van der Waals surface area (Å²) in [5.74, 6) is 0. The lowest BCUT2D eigenvalue weighted by Crippen LogP contribution is -2.28. The molecule has 0 aliphatic carbocycles. The number of β-amino-alcohol motifs (C(OH)–C–C–N with tert-alkyl or cyclic N) is 1. The first-order valence-corrected chi connectivity index (χ1v) is 7.36. The number of rotatable bonds is 2. The van der Waals surface area contributed by atoms with E-state index in [1.807, 2.05) is 30.3 Å². The molecule has 19 heavy (non-hydrogen) atoms. The van der Waals surface area contributed by atoms with Gasteiger partial charge in [0.25, 0.3) is 0 Å². The van der Waals surface area contributed by atoms with Crippen molar-refractivity contribution < 1.29 is 5.11 Å². The number of para-hydroxylation sites is 1. The van der Waals surface area contributed by atoms with Gasteiger partial charge in [0.1, 0.15) is 0 Å². The topological polar surface area (TPSA) is 23.5 Å². The van der Waals surface area contributed by atoms with Crippen molar-refractivity contribution in [2.24, 2.45) is 0 Å². The molecule has 0 spiro atoms. The molecule has 1 atom stereocenters. The molecule has 0 radical (unpaired) electrons. The number of benzene rings is 2. The summed E-state index contributed by atoms with van der Waals surface area (Å²) in [5.41, 5.74) is 2.19. The van der Waals surface area contributed by atoms with E-state index in [9.17, 15) is 5.11 Å². The SMILES string of the molecule is C[C@H](O)CN1c2ccccc2Sc2ccc(Cl)cc21. The maximum absolute atomic E-state index is 9.74. The summed E-state index contributed by atoms with van der Waals surface area (Å²) in [4.78, 5) is 4.51. The minimum absolute atomic E-state index is 0.400. The van der Waals surface area contributed by atoms with Crippen LogP contribution in [0.5, 0.6) is 0 Å². The Balaban J connectivity index is 2.13. The smallest absolute Gasteiger partial charge is 0.0691 e. The van der Waals surface area contributed by atoms with Crippen molar-refractivity contribution in [1.29, 1.82) is 0 Å². The van der Waals surface area contributed by atoms with Gasteiger partial charge < -0.3 is 10.0 Å². The maximum atomic E-state index is 9.74. The Bertz CT molecular complexity index is 615. The number of hydrogen-bond acceptors (Lipinski definition) is 3. The van der Waals surface area contributed by atoms with Gasteiger partial charge in [0.15, 0.2) is 0 Å². The molecule has 0 fully saturated rings. The standard InChI is InChI=1S/C15H14ClNOS/c1-10(18)9-17-12-4-2-3-5-14(12)19-15-7-6-11(16)8-13(15)17/h2-8,10,18H,9H2,1H3/t10-/m0/s1. The first kappa shape index (κ1) is 12.9. The van der Waals surface area contributed by atoms with E-state index in [2.05, 4.69) is 17.0 Å². The third-order valence-electron chi connectivity index (χ3n) is 3.03. The van der Waals surface area contributed by atoms with Gasteiger partial charge in [-0.3, -0.25) is 0 Å². The fraction of sp³-hybridized carbons (Fsp3) is 0.200. The highest BCUT2D eigenvalue weighted by Gasteiger charge is 2.24. The Morgan fingerprint density at radius 3 is 2.68 bits per heavy atom. The Kier molecular flexibility index (Phi) is 3.44. The second-order valence-electron chi connectivity index (χ2n) is 4.64. The lowest BCUT2D eigenvalue weighted by atomic mass is 10.2. The molecule has 4 heteroatoms. The van der Waals surface area contributed by atoms with E-state index in [0.717, 1.165) is 11.4 Å². The number of halogens is 1. The molecule has 0 saturated carbocycles. The Morgan fingerprint density at radius 1 is 1.16 bits per heavy atom. The molecule has 0 amide bonds. The minimum Gasteiger partial charge on any atom is -0.392 e. The van der Waals surface area contributed by atoms with Crippen LogP contribution in [-0.2, 0) is 0 Å². The van der Waals surface area contributed by atoms with Crippen LogP contribution in [0.25, 0.3) is 0 Å². The van der Waals surface area contributed by atoms with E-state index in [-0.39, 0.29) is 0 Å². The summed E-state index contributed by atoms with van der Waals surface area (Å²) in [7, 11) is 0. The lowest BCUT2D eigenvalue weighted by Gasteiger charge is -2.33. The predicted molar refractivity (Wildman–Crippen MR) is 80.7 cm³/mol. The second-order valence-corrected chi connectivity index (χ2v) is 6.16. The zero-order valence-electron chi connectivity index (χ0n) is 10.5. The molecule has 3 rings (SSSR count). The van der Waals surface area contributed by atoms with Crippen LogP contribution in [0.1, 0.15) is 6.92 Å². The number of fused-ring (bicyclic) bond motifs is 2. The maximum Gasteiger partial charge on any atom is 0.0691 e. The molecule has 1 aliphatic heterocycles. The van der Waals surface area contributed by atoms with Crippen molar-refractivity contribution in [3.05, 3.63) is 47.5 Å². The summed E-state index contributed by atoms with van der Waals surface area (Å²) in [6.07, 6.45) is -0.400. The van der Waals surface area contributed by atoms with Gasteiger partial charge >= 0.3 is 0 Å². The van der Waals surface area contributed by atoms with Crippen molar-refractivity contribution in [2.75, 3.05) is 11.4 Å². The summed E-state index contributed by atoms with van der Waals surface area (Å²) in [5, 5.41) is 10.5. The van der Waals surface area contributed by atoms with Gasteiger partial charge in [-0.25, -0.2) is 0 Å². The van der Waals surface area contributed by atoms with Gasteiger partial charge in [0, 0.05) is 21.4 Å². The number of aliphatic hydroxyl groups is 1. The van der Waals surface area contributed by atoms with Gasteiger partial charge in [-0.05, 0) is 37.3 Å². The number of nitrogens with zero attached hydrogens (tertiary/aromatic N) is 1. The van der Waals surface area contributed by atoms with E-state index in [1.54, 1.807) is 18.7 Å². The number of aliphatic hydroxyl groups excluding tert-OH is 1. The van der Waals surface area contributed by atoms with Gasteiger partial charge in [-0.2, -0.15) is 0 Å². The zero-order chi connectivity index (χ0) is 13.4. The fourth-order valence-corrected chi connectivity index (χ4v) is 3.51. The highest BCUT2D eigenvalue weighted by atomic mass is 35.5. The molecule has 98 valence electrons. The third-order valence-corrected chi connectivity index (χ3v) is 4.40. The van der Waals surface area contributed by atoms with Crippen LogP contribution in [0.4, 0.5) is 11.4 Å². The number of anilines is 2. The van der Waals surface area contributed by atoms with Crippen LogP contribution in [0.15, 0.2) is 52.3 Å². The molecule has 2 nitrogen and oxygen atoms in total. The van der Waals surface area contributed by atoms with E-state index >= 15 is 0 Å². The predicted octanol–water partition coefficient (Wildman–Crippen LogP) is 4.32. The van der Waals surface area contributed by atoms with E-state index in [4.69, 9.17) is 11.6 Å². The first-order chi connectivity index (χ1) is 9.15. The van der Waals surface area contributed by atoms with Crippen molar-refractivity contribution in [3.8, 4) is 0 Å². The minimum atomic E-state index is -0.400. The normalized spacial score (nSPS) is 14.8. The average Bonchev–Trinajstić information content (AvgIpc) is 2.39. The number of hydrogen-bond donors (Lipinski definition) is 1. The van der Waals surface area contributed by atoms with Crippen LogP contribution >= 0.6 is 23.4 Å². The summed E-state index contributed by atoms with van der Waals surface area (Å²) >= 11 is 7.85. The molecule has 1 aliphatic rings. The highest BCUT2D eigenvalue weighted by Crippen LogP contribution is 2.48. The van der Waals surface area contributed by atoms with Crippen molar-refractivity contribution in [1.82, 2.24) is 0 Å². The van der Waals surface area contributed by atoms with Crippen LogP contribution in [0, 0.1) is 0 Å². The molecule has 0 bridgehead atoms. The fourth-order valence-electron chi connectivity index (χ4n) is 2.26. The van der Waals surface area contributed by atoms with Crippen molar-refractivity contribution in [2.45, 2.75) is 22.8 Å². The molecule has 0 unspecified atom stereocenters. The molecule has 0 saturated heterocycles. The lowest BCUT2D eigenvalue weighted by molar-refractivity contribution is 0.203. The van der Waals surface area contributed by atoms with Gasteiger partial charge in [0.2, 0.25) is 0 Å². The van der Waals surface area contributed by atoms with Crippen molar-refractivity contribution in [3.63, 3.8) is 0 Å². The Hall–Kier alpha value is -1.16. The van der Waals surface area contributed by atoms with Crippen LogP contribution < -0.4 is 4.90 Å². The van der Waals surface area contributed by atoms with Gasteiger partial charge in [0.05, 0.1) is 17.5 Å². The second kappa shape index (κ2) is 5.08. The zero-order valence-corrected chi connectivity index (χ0v) is 12.1. The first-order valence-electron chi connectivity index (χ1n) is 6.17. The summed E-state index contributed by atoms with van der Waals surface area (Å²) < 4.78 is 0. The molecule has 2 aromatic carbocycles. The van der Waals surface area contributed by atoms with E-state index in [0.29, 0.717) is 11.6 Å². The highest BCUT2D eigenvalue weighted by molar-refractivity contribution is 7.99. The van der Waals surface area contributed by atoms with Gasteiger partial charge in [-0.1, -0.05) is 35.5 Å². The van der Waals surface area contributed by atoms with Crippen LogP contribution in [0.3, 0.4) is 0 Å². The molecule has 1 N–H and O–H groups in total. The molecular weight excluding hydrogens is 278 g/mol. The third kappa shape index (κ3) is 2.46. The molecule has 0 aromatic heterocycles.